The number of carbonyl (C=O) groups excluding carboxylic acids is 2. The third kappa shape index (κ3) is 4.41. The third-order valence-electron chi connectivity index (χ3n) is 2.52. The van der Waals surface area contributed by atoms with Crippen molar-refractivity contribution in [2.45, 2.75) is 6.92 Å². The van der Waals surface area contributed by atoms with E-state index in [1.54, 1.807) is 48.0 Å². The van der Waals surface area contributed by atoms with Gasteiger partial charge in [0.1, 0.15) is 0 Å². The number of benzene rings is 1. The summed E-state index contributed by atoms with van der Waals surface area (Å²) in [5.74, 6) is 0.928. The Balaban J connectivity index is 2.56. The van der Waals surface area contributed by atoms with Crippen LogP contribution in [0, 0.1) is 0 Å². The second kappa shape index (κ2) is 7.06. The van der Waals surface area contributed by atoms with Gasteiger partial charge >= 0.3 is 6.03 Å². The van der Waals surface area contributed by atoms with Crippen molar-refractivity contribution >= 4 is 29.3 Å². The average Bonchev–Trinajstić information content (AvgIpc) is 2.36. The van der Waals surface area contributed by atoms with Crippen LogP contribution < -0.4 is 5.32 Å². The molecular weight excluding hydrogens is 248 g/mol. The third-order valence-corrected chi connectivity index (χ3v) is 3.11. The highest BCUT2D eigenvalue weighted by atomic mass is 32.2. The second-order valence-corrected chi connectivity index (χ2v) is 4.96. The minimum absolute atomic E-state index is 0.0185. The Hall–Kier alpha value is -1.49. The van der Waals surface area contributed by atoms with Crippen LogP contribution in [0.4, 0.5) is 10.5 Å². The zero-order valence-corrected chi connectivity index (χ0v) is 11.7. The summed E-state index contributed by atoms with van der Waals surface area (Å²) < 4.78 is 0. The van der Waals surface area contributed by atoms with E-state index in [4.69, 9.17) is 0 Å². The summed E-state index contributed by atoms with van der Waals surface area (Å²) in [6.07, 6.45) is 2.01. The predicted octanol–water partition coefficient (Wildman–Crippen LogP) is 2.72. The zero-order chi connectivity index (χ0) is 13.5. The number of nitrogens with one attached hydrogen (secondary N) is 1. The van der Waals surface area contributed by atoms with Crippen molar-refractivity contribution in [1.29, 1.82) is 0 Å². The highest BCUT2D eigenvalue weighted by molar-refractivity contribution is 7.98. The standard InChI is InChI=1S/C13H18N2O2S/c1-10(16)11-4-6-12(7-5-11)14-13(17)15(2)8-9-18-3/h4-7H,8-9H2,1-3H3,(H,14,17). The fourth-order valence-electron chi connectivity index (χ4n) is 1.34. The fraction of sp³-hybridized carbons (Fsp3) is 0.385. The van der Waals surface area contributed by atoms with Crippen LogP contribution in [-0.4, -0.2) is 42.3 Å². The molecule has 0 saturated heterocycles. The monoisotopic (exact) mass is 266 g/mol. The highest BCUT2D eigenvalue weighted by Gasteiger charge is 2.08. The van der Waals surface area contributed by atoms with E-state index >= 15 is 0 Å². The number of hydrogen-bond acceptors (Lipinski definition) is 3. The van der Waals surface area contributed by atoms with Crippen LogP contribution in [-0.2, 0) is 0 Å². The van der Waals surface area contributed by atoms with E-state index in [1.807, 2.05) is 6.26 Å². The van der Waals surface area contributed by atoms with Gasteiger partial charge in [0.2, 0.25) is 0 Å². The van der Waals surface area contributed by atoms with Gasteiger partial charge in [0.25, 0.3) is 0 Å². The van der Waals surface area contributed by atoms with Gasteiger partial charge in [-0.15, -0.1) is 0 Å². The molecule has 0 aliphatic carbocycles. The molecule has 98 valence electrons. The van der Waals surface area contributed by atoms with E-state index < -0.39 is 0 Å². The first-order valence-corrected chi connectivity index (χ1v) is 7.06. The average molecular weight is 266 g/mol. The molecule has 0 fully saturated rings. The summed E-state index contributed by atoms with van der Waals surface area (Å²) in [4.78, 5) is 24.5. The summed E-state index contributed by atoms with van der Waals surface area (Å²) >= 11 is 1.70. The SMILES string of the molecule is CSCCN(C)C(=O)Nc1ccc(C(C)=O)cc1. The van der Waals surface area contributed by atoms with E-state index in [0.717, 1.165) is 5.75 Å². The Bertz CT molecular complexity index is 418. The van der Waals surface area contributed by atoms with Gasteiger partial charge in [-0.3, -0.25) is 4.79 Å². The van der Waals surface area contributed by atoms with Crippen molar-refractivity contribution in [2.75, 3.05) is 30.9 Å². The number of Topliss-reactive ketones (excluding diaryl/α,β-unsaturated/α-hetero) is 1. The van der Waals surface area contributed by atoms with Crippen molar-refractivity contribution < 1.29 is 9.59 Å². The number of nitrogens with zero attached hydrogens (tertiary/aromatic N) is 1. The van der Waals surface area contributed by atoms with E-state index in [0.29, 0.717) is 17.8 Å². The zero-order valence-electron chi connectivity index (χ0n) is 10.9. The molecule has 2 amide bonds. The van der Waals surface area contributed by atoms with Crippen LogP contribution in [0.3, 0.4) is 0 Å². The first-order chi connectivity index (χ1) is 8.54. The minimum atomic E-state index is -0.139. The quantitative estimate of drug-likeness (QED) is 0.834. The lowest BCUT2D eigenvalue weighted by Gasteiger charge is -2.17. The van der Waals surface area contributed by atoms with E-state index in [-0.39, 0.29) is 11.8 Å². The molecule has 0 unspecified atom stereocenters. The van der Waals surface area contributed by atoms with Gasteiger partial charge in [-0.1, -0.05) is 0 Å². The minimum Gasteiger partial charge on any atom is -0.327 e. The normalized spacial score (nSPS) is 9.94. The van der Waals surface area contributed by atoms with Gasteiger partial charge in [0.15, 0.2) is 5.78 Å². The molecule has 0 aromatic heterocycles. The van der Waals surface area contributed by atoms with E-state index in [9.17, 15) is 9.59 Å². The molecule has 1 N–H and O–H groups in total. The second-order valence-electron chi connectivity index (χ2n) is 3.98. The lowest BCUT2D eigenvalue weighted by atomic mass is 10.1. The van der Waals surface area contributed by atoms with E-state index in [2.05, 4.69) is 5.32 Å². The molecular formula is C13H18N2O2S. The number of hydrogen-bond donors (Lipinski definition) is 1. The lowest BCUT2D eigenvalue weighted by molar-refractivity contribution is 0.101. The Morgan fingerprint density at radius 3 is 2.39 bits per heavy atom. The molecule has 1 aromatic rings. The summed E-state index contributed by atoms with van der Waals surface area (Å²) in [6, 6.07) is 6.74. The first-order valence-electron chi connectivity index (χ1n) is 5.66. The number of amides is 2. The van der Waals surface area contributed by atoms with Crippen molar-refractivity contribution in [1.82, 2.24) is 4.90 Å². The van der Waals surface area contributed by atoms with Gasteiger partial charge in [-0.05, 0) is 37.4 Å². The Morgan fingerprint density at radius 2 is 1.89 bits per heavy atom. The molecule has 0 saturated carbocycles. The topological polar surface area (TPSA) is 49.4 Å². The molecule has 0 aliphatic heterocycles. The van der Waals surface area contributed by atoms with Crippen LogP contribution >= 0.6 is 11.8 Å². The Labute approximate surface area is 112 Å². The van der Waals surface area contributed by atoms with Gasteiger partial charge in [0, 0.05) is 30.6 Å². The van der Waals surface area contributed by atoms with Gasteiger partial charge in [-0.2, -0.15) is 11.8 Å². The summed E-state index contributed by atoms with van der Waals surface area (Å²) in [7, 11) is 1.76. The molecule has 5 heteroatoms. The molecule has 18 heavy (non-hydrogen) atoms. The summed E-state index contributed by atoms with van der Waals surface area (Å²) in [6.45, 7) is 2.22. The summed E-state index contributed by atoms with van der Waals surface area (Å²) in [5, 5.41) is 2.78. The van der Waals surface area contributed by atoms with E-state index in [1.165, 1.54) is 6.92 Å². The molecule has 1 aromatic carbocycles. The molecule has 0 bridgehead atoms. The summed E-state index contributed by atoms with van der Waals surface area (Å²) in [5.41, 5.74) is 1.34. The number of carbonyl (C=O) groups is 2. The van der Waals surface area contributed by atoms with Crippen molar-refractivity contribution in [3.8, 4) is 0 Å². The van der Waals surface area contributed by atoms with Crippen LogP contribution in [0.2, 0.25) is 0 Å². The molecule has 1 rings (SSSR count). The number of rotatable bonds is 5. The maximum Gasteiger partial charge on any atom is 0.321 e. The van der Waals surface area contributed by atoms with Crippen LogP contribution in [0.15, 0.2) is 24.3 Å². The first kappa shape index (κ1) is 14.6. The number of thioether (sulfide) groups is 1. The van der Waals surface area contributed by atoms with Crippen molar-refractivity contribution in [3.05, 3.63) is 29.8 Å². The van der Waals surface area contributed by atoms with Crippen molar-refractivity contribution in [3.63, 3.8) is 0 Å². The van der Waals surface area contributed by atoms with Crippen molar-refractivity contribution in [2.24, 2.45) is 0 Å². The predicted molar refractivity (Wildman–Crippen MR) is 76.5 cm³/mol. The smallest absolute Gasteiger partial charge is 0.321 e. The van der Waals surface area contributed by atoms with Crippen LogP contribution in [0.25, 0.3) is 0 Å². The number of anilines is 1. The maximum absolute atomic E-state index is 11.8. The molecule has 0 radical (unpaired) electrons. The highest BCUT2D eigenvalue weighted by Crippen LogP contribution is 2.10. The number of ketones is 1. The van der Waals surface area contributed by atoms with Gasteiger partial charge in [-0.25, -0.2) is 4.79 Å². The van der Waals surface area contributed by atoms with Crippen LogP contribution in [0.1, 0.15) is 17.3 Å². The van der Waals surface area contributed by atoms with Crippen LogP contribution in [0.5, 0.6) is 0 Å². The molecule has 0 atom stereocenters. The molecule has 4 nitrogen and oxygen atoms in total. The molecule has 0 spiro atoms. The Kier molecular flexibility index (Phi) is 5.71. The lowest BCUT2D eigenvalue weighted by Crippen LogP contribution is -2.33. The van der Waals surface area contributed by atoms with Gasteiger partial charge in [0.05, 0.1) is 0 Å². The molecule has 0 heterocycles. The number of urea groups is 1. The maximum atomic E-state index is 11.8. The van der Waals surface area contributed by atoms with Gasteiger partial charge < -0.3 is 10.2 Å². The molecule has 0 aliphatic rings. The fourth-order valence-corrected chi connectivity index (χ4v) is 1.79. The largest absolute Gasteiger partial charge is 0.327 e. The Morgan fingerprint density at radius 1 is 1.28 bits per heavy atom.